The third-order valence-electron chi connectivity index (χ3n) is 3.53. The number of carbonyl (C=O) groups excluding carboxylic acids is 1. The molecule has 3 rings (SSSR count). The number of alkyl halides is 3. The minimum Gasteiger partial charge on any atom is -0.461 e. The van der Waals surface area contributed by atoms with Crippen LogP contribution in [0.1, 0.15) is 23.0 Å². The number of hydrogen-bond acceptors (Lipinski definition) is 7. The number of ether oxygens (including phenoxy) is 1. The van der Waals surface area contributed by atoms with Crippen LogP contribution in [0.2, 0.25) is 0 Å². The number of thiophene rings is 1. The topological polar surface area (TPSA) is 98.5 Å². The number of hydrogen-bond donors (Lipinski definition) is 1. The smallest absolute Gasteiger partial charge is 0.416 e. The summed E-state index contributed by atoms with van der Waals surface area (Å²) in [6, 6.07) is 7.86. The van der Waals surface area contributed by atoms with Crippen LogP contribution in [0.25, 0.3) is 10.6 Å². The van der Waals surface area contributed by atoms with Crippen LogP contribution in [-0.2, 0) is 20.9 Å². The minimum atomic E-state index is -4.60. The molecule has 0 aliphatic rings. The van der Waals surface area contributed by atoms with Crippen LogP contribution in [0.4, 0.5) is 18.9 Å². The van der Waals surface area contributed by atoms with Gasteiger partial charge >= 0.3 is 12.1 Å². The van der Waals surface area contributed by atoms with E-state index in [1.807, 2.05) is 0 Å². The molecule has 0 aliphatic carbocycles. The number of sulfonamides is 1. The van der Waals surface area contributed by atoms with Gasteiger partial charge in [0.25, 0.3) is 10.0 Å². The second kappa shape index (κ2) is 7.87. The van der Waals surface area contributed by atoms with Crippen molar-refractivity contribution < 1.29 is 35.6 Å². The van der Waals surface area contributed by atoms with Crippen LogP contribution in [0.5, 0.6) is 0 Å². The zero-order chi connectivity index (χ0) is 21.2. The highest BCUT2D eigenvalue weighted by Gasteiger charge is 2.31. The molecule has 3 aromatic rings. The summed E-state index contributed by atoms with van der Waals surface area (Å²) in [5.74, 6) is -0.531. The Kier molecular flexibility index (Phi) is 5.66. The Morgan fingerprint density at radius 2 is 2.00 bits per heavy atom. The van der Waals surface area contributed by atoms with E-state index in [1.54, 1.807) is 6.92 Å². The van der Waals surface area contributed by atoms with Gasteiger partial charge in [-0.05, 0) is 37.3 Å². The molecule has 0 fully saturated rings. The molecule has 154 valence electrons. The van der Waals surface area contributed by atoms with Crippen molar-refractivity contribution in [3.05, 3.63) is 53.7 Å². The third kappa shape index (κ3) is 4.77. The molecular weight excluding hydrogens is 433 g/mol. The number of anilines is 1. The molecule has 0 atom stereocenters. The molecule has 12 heteroatoms. The van der Waals surface area contributed by atoms with Gasteiger partial charge in [-0.25, -0.2) is 13.2 Å². The lowest BCUT2D eigenvalue weighted by Gasteiger charge is -2.10. The van der Waals surface area contributed by atoms with Crippen molar-refractivity contribution in [2.24, 2.45) is 0 Å². The first-order valence-corrected chi connectivity index (χ1v) is 10.3. The molecular formula is C17H13F3N2O5S2. The fourth-order valence-electron chi connectivity index (χ4n) is 2.25. The first-order valence-electron chi connectivity index (χ1n) is 8.04. The first-order chi connectivity index (χ1) is 13.6. The second-order valence-electron chi connectivity index (χ2n) is 5.60. The Bertz CT molecular complexity index is 1140. The maximum atomic E-state index is 12.8. The van der Waals surface area contributed by atoms with Gasteiger partial charge in [0.2, 0.25) is 0 Å². The molecule has 2 aromatic heterocycles. The van der Waals surface area contributed by atoms with E-state index in [0.717, 1.165) is 23.5 Å². The summed E-state index contributed by atoms with van der Waals surface area (Å²) in [5.41, 5.74) is -1.27. The average molecular weight is 446 g/mol. The fraction of sp³-hybridized carbons (Fsp3) is 0.176. The van der Waals surface area contributed by atoms with Crippen LogP contribution >= 0.6 is 11.3 Å². The fourth-order valence-corrected chi connectivity index (χ4v) is 4.56. The number of rotatable bonds is 6. The number of carbonyl (C=O) groups is 1. The number of halogens is 3. The van der Waals surface area contributed by atoms with E-state index < -0.39 is 27.7 Å². The van der Waals surface area contributed by atoms with Gasteiger partial charge < -0.3 is 9.26 Å². The highest BCUT2D eigenvalue weighted by Crippen LogP contribution is 2.34. The SMILES string of the molecule is CCOC(=O)c1cc(-c2ccc(S(=O)(=O)Nc3cccc(C(F)(F)F)c3)s2)on1. The van der Waals surface area contributed by atoms with Crippen molar-refractivity contribution in [2.75, 3.05) is 11.3 Å². The normalized spacial score (nSPS) is 12.0. The zero-order valence-corrected chi connectivity index (χ0v) is 16.3. The number of esters is 1. The quantitative estimate of drug-likeness (QED) is 0.564. The van der Waals surface area contributed by atoms with Crippen molar-refractivity contribution in [3.63, 3.8) is 0 Å². The number of nitrogens with one attached hydrogen (secondary N) is 1. The summed E-state index contributed by atoms with van der Waals surface area (Å²) in [6.45, 7) is 1.79. The van der Waals surface area contributed by atoms with Crippen LogP contribution in [0.15, 0.2) is 51.2 Å². The standard InChI is InChI=1S/C17H13F3N2O5S2/c1-2-26-16(23)12-9-13(27-21-12)14-6-7-15(28-14)29(24,25)22-11-5-3-4-10(8-11)17(18,19)20/h3-9,22H,2H2,1H3. The second-order valence-corrected chi connectivity index (χ2v) is 8.59. The van der Waals surface area contributed by atoms with Gasteiger partial charge in [-0.2, -0.15) is 13.2 Å². The van der Waals surface area contributed by atoms with Gasteiger partial charge in [0.1, 0.15) is 4.21 Å². The predicted molar refractivity (Wildman–Crippen MR) is 98.0 cm³/mol. The maximum Gasteiger partial charge on any atom is 0.416 e. The molecule has 0 saturated heterocycles. The van der Waals surface area contributed by atoms with Crippen LogP contribution < -0.4 is 4.72 Å². The number of nitrogens with zero attached hydrogens (tertiary/aromatic N) is 1. The van der Waals surface area contributed by atoms with E-state index >= 15 is 0 Å². The monoisotopic (exact) mass is 446 g/mol. The van der Waals surface area contributed by atoms with Crippen molar-refractivity contribution in [1.82, 2.24) is 5.16 Å². The summed E-state index contributed by atoms with van der Waals surface area (Å²) >= 11 is 0.802. The molecule has 0 bridgehead atoms. The van der Waals surface area contributed by atoms with E-state index in [-0.39, 0.29) is 28.0 Å². The van der Waals surface area contributed by atoms with Crippen LogP contribution in [0, 0.1) is 0 Å². The molecule has 2 heterocycles. The molecule has 29 heavy (non-hydrogen) atoms. The molecule has 0 aliphatic heterocycles. The van der Waals surface area contributed by atoms with E-state index in [9.17, 15) is 26.4 Å². The Labute approximate surface area is 167 Å². The van der Waals surface area contributed by atoms with Gasteiger partial charge in [-0.3, -0.25) is 4.72 Å². The van der Waals surface area contributed by atoms with Crippen LogP contribution in [-0.4, -0.2) is 26.2 Å². The Morgan fingerprint density at radius 1 is 1.24 bits per heavy atom. The number of benzene rings is 1. The van der Waals surface area contributed by atoms with E-state index in [0.29, 0.717) is 10.9 Å². The molecule has 0 amide bonds. The van der Waals surface area contributed by atoms with Crippen molar-refractivity contribution in [3.8, 4) is 10.6 Å². The van der Waals surface area contributed by atoms with Gasteiger partial charge in [-0.15, -0.1) is 11.3 Å². The van der Waals surface area contributed by atoms with Crippen molar-refractivity contribution in [1.29, 1.82) is 0 Å². The summed E-state index contributed by atoms with van der Waals surface area (Å²) in [5, 5.41) is 3.57. The summed E-state index contributed by atoms with van der Waals surface area (Å²) in [4.78, 5) is 12.0. The molecule has 0 saturated carbocycles. The Balaban J connectivity index is 1.82. The average Bonchev–Trinajstić information content (AvgIpc) is 3.31. The van der Waals surface area contributed by atoms with E-state index in [2.05, 4.69) is 9.88 Å². The third-order valence-corrected chi connectivity index (χ3v) is 6.50. The highest BCUT2D eigenvalue weighted by atomic mass is 32.2. The van der Waals surface area contributed by atoms with Crippen molar-refractivity contribution in [2.45, 2.75) is 17.3 Å². The highest BCUT2D eigenvalue weighted by molar-refractivity contribution is 7.94. The zero-order valence-electron chi connectivity index (χ0n) is 14.7. The summed E-state index contributed by atoms with van der Waals surface area (Å²) in [6.07, 6.45) is -4.60. The van der Waals surface area contributed by atoms with Gasteiger partial charge in [0, 0.05) is 11.8 Å². The predicted octanol–water partition coefficient (Wildman–Crippen LogP) is 4.40. The molecule has 1 aromatic carbocycles. The minimum absolute atomic E-state index is 0.0678. The molecule has 0 unspecified atom stereocenters. The van der Waals surface area contributed by atoms with Crippen LogP contribution in [0.3, 0.4) is 0 Å². The largest absolute Gasteiger partial charge is 0.461 e. The summed E-state index contributed by atoms with van der Waals surface area (Å²) < 4.78 is 75.2. The molecule has 0 radical (unpaired) electrons. The molecule has 0 spiro atoms. The first kappa shape index (κ1) is 20.9. The van der Waals surface area contributed by atoms with E-state index in [4.69, 9.17) is 9.26 Å². The van der Waals surface area contributed by atoms with E-state index in [1.165, 1.54) is 24.3 Å². The number of aromatic nitrogens is 1. The summed E-state index contributed by atoms with van der Waals surface area (Å²) in [7, 11) is -4.13. The van der Waals surface area contributed by atoms with Gasteiger partial charge in [0.15, 0.2) is 11.5 Å². The molecule has 7 nitrogen and oxygen atoms in total. The lowest BCUT2D eigenvalue weighted by atomic mass is 10.2. The van der Waals surface area contributed by atoms with Gasteiger partial charge in [0.05, 0.1) is 17.0 Å². The Morgan fingerprint density at radius 3 is 2.69 bits per heavy atom. The maximum absolute atomic E-state index is 12.8. The Hall–Kier alpha value is -2.86. The lowest BCUT2D eigenvalue weighted by Crippen LogP contribution is -2.12. The molecule has 1 N–H and O–H groups in total. The van der Waals surface area contributed by atoms with Crippen molar-refractivity contribution >= 4 is 33.0 Å². The lowest BCUT2D eigenvalue weighted by molar-refractivity contribution is -0.137. The van der Waals surface area contributed by atoms with Gasteiger partial charge in [-0.1, -0.05) is 11.2 Å².